The highest BCUT2D eigenvalue weighted by Crippen LogP contribution is 2.37. The molecule has 1 heterocycles. The molecule has 1 fully saturated rings. The van der Waals surface area contributed by atoms with Crippen LogP contribution >= 0.6 is 11.6 Å². The van der Waals surface area contributed by atoms with E-state index in [2.05, 4.69) is 10.3 Å². The summed E-state index contributed by atoms with van der Waals surface area (Å²) in [5.74, 6) is 0. The van der Waals surface area contributed by atoms with Crippen molar-refractivity contribution in [1.29, 1.82) is 0 Å². The van der Waals surface area contributed by atoms with Crippen LogP contribution in [0.15, 0.2) is 30.5 Å². The van der Waals surface area contributed by atoms with Crippen LogP contribution in [-0.4, -0.2) is 23.2 Å². The Labute approximate surface area is 130 Å². The fraction of sp³-hybridized carbons (Fsp3) is 0.471. The first kappa shape index (κ1) is 14.6. The summed E-state index contributed by atoms with van der Waals surface area (Å²) in [5.41, 5.74) is 1.89. The van der Waals surface area contributed by atoms with E-state index in [1.165, 1.54) is 19.3 Å². The third-order valence-corrected chi connectivity index (χ3v) is 4.93. The van der Waals surface area contributed by atoms with Gasteiger partial charge < -0.3 is 10.4 Å². The van der Waals surface area contributed by atoms with Crippen LogP contribution in [0.1, 0.15) is 32.1 Å². The van der Waals surface area contributed by atoms with Crippen LogP contribution in [0.3, 0.4) is 0 Å². The van der Waals surface area contributed by atoms with E-state index in [0.717, 1.165) is 36.0 Å². The second kappa shape index (κ2) is 6.20. The summed E-state index contributed by atoms with van der Waals surface area (Å²) in [4.78, 5) is 4.35. The molecule has 4 heteroatoms. The fourth-order valence-electron chi connectivity index (χ4n) is 3.27. The minimum absolute atomic E-state index is 0.0203. The Bertz CT molecular complexity index is 623. The van der Waals surface area contributed by atoms with Gasteiger partial charge in [0.2, 0.25) is 0 Å². The zero-order chi connectivity index (χ0) is 14.7. The molecule has 3 nitrogen and oxygen atoms in total. The van der Waals surface area contributed by atoms with E-state index in [1.54, 1.807) is 6.20 Å². The van der Waals surface area contributed by atoms with Crippen LogP contribution in [-0.2, 0) is 0 Å². The molecule has 0 unspecified atom stereocenters. The summed E-state index contributed by atoms with van der Waals surface area (Å²) in [7, 11) is 0. The quantitative estimate of drug-likeness (QED) is 0.888. The number of aliphatic hydroxyl groups is 1. The van der Waals surface area contributed by atoms with Crippen molar-refractivity contribution in [3.63, 3.8) is 0 Å². The monoisotopic (exact) mass is 304 g/mol. The molecular formula is C17H21ClN2O. The lowest BCUT2D eigenvalue weighted by Crippen LogP contribution is -2.35. The van der Waals surface area contributed by atoms with Gasteiger partial charge in [0, 0.05) is 29.2 Å². The molecule has 1 aliphatic rings. The fourth-order valence-corrected chi connectivity index (χ4v) is 3.48. The Morgan fingerprint density at radius 1 is 1.19 bits per heavy atom. The number of rotatable bonds is 4. The average Bonchev–Trinajstić information content (AvgIpc) is 2.55. The lowest BCUT2D eigenvalue weighted by Gasteiger charge is -2.36. The van der Waals surface area contributed by atoms with Gasteiger partial charge in [0.25, 0.3) is 0 Å². The normalized spacial score (nSPS) is 17.8. The highest BCUT2D eigenvalue weighted by molar-refractivity contribution is 6.35. The maximum absolute atomic E-state index is 9.80. The van der Waals surface area contributed by atoms with Gasteiger partial charge in [-0.2, -0.15) is 0 Å². The molecule has 0 saturated heterocycles. The van der Waals surface area contributed by atoms with E-state index in [-0.39, 0.29) is 12.0 Å². The van der Waals surface area contributed by atoms with E-state index in [4.69, 9.17) is 11.6 Å². The van der Waals surface area contributed by atoms with Crippen molar-refractivity contribution in [2.45, 2.75) is 32.1 Å². The van der Waals surface area contributed by atoms with Crippen molar-refractivity contribution in [2.75, 3.05) is 18.5 Å². The van der Waals surface area contributed by atoms with Gasteiger partial charge in [-0.05, 0) is 37.1 Å². The summed E-state index contributed by atoms with van der Waals surface area (Å²) < 4.78 is 0. The molecule has 1 aliphatic carbocycles. The van der Waals surface area contributed by atoms with Crippen molar-refractivity contribution in [3.05, 3.63) is 35.5 Å². The molecule has 0 atom stereocenters. The molecule has 1 saturated carbocycles. The molecule has 0 aliphatic heterocycles. The van der Waals surface area contributed by atoms with Crippen LogP contribution < -0.4 is 5.32 Å². The topological polar surface area (TPSA) is 45.1 Å². The molecule has 1 aromatic carbocycles. The number of nitrogens with one attached hydrogen (secondary N) is 1. The molecule has 0 amide bonds. The second-order valence-electron chi connectivity index (χ2n) is 6.07. The van der Waals surface area contributed by atoms with Crippen molar-refractivity contribution >= 4 is 28.2 Å². The largest absolute Gasteiger partial charge is 0.396 e. The van der Waals surface area contributed by atoms with Crippen LogP contribution in [0.5, 0.6) is 0 Å². The maximum atomic E-state index is 9.80. The van der Waals surface area contributed by atoms with E-state index in [0.29, 0.717) is 5.02 Å². The third kappa shape index (κ3) is 2.99. The molecular weight excluding hydrogens is 284 g/mol. The number of pyridine rings is 1. The van der Waals surface area contributed by atoms with E-state index >= 15 is 0 Å². The molecule has 2 N–H and O–H groups in total. The molecule has 0 radical (unpaired) electrons. The highest BCUT2D eigenvalue weighted by atomic mass is 35.5. The minimum Gasteiger partial charge on any atom is -0.396 e. The first-order valence-electron chi connectivity index (χ1n) is 7.62. The van der Waals surface area contributed by atoms with E-state index in [9.17, 15) is 5.11 Å². The number of halogens is 1. The summed E-state index contributed by atoms with van der Waals surface area (Å²) >= 11 is 6.20. The molecule has 112 valence electrons. The highest BCUT2D eigenvalue weighted by Gasteiger charge is 2.31. The van der Waals surface area contributed by atoms with Crippen molar-refractivity contribution in [1.82, 2.24) is 4.98 Å². The van der Waals surface area contributed by atoms with Gasteiger partial charge in [-0.15, -0.1) is 0 Å². The van der Waals surface area contributed by atoms with Crippen molar-refractivity contribution in [3.8, 4) is 0 Å². The van der Waals surface area contributed by atoms with Crippen LogP contribution in [0, 0.1) is 5.41 Å². The summed E-state index contributed by atoms with van der Waals surface area (Å²) in [6.45, 7) is 1.05. The molecule has 0 spiro atoms. The van der Waals surface area contributed by atoms with Gasteiger partial charge in [-0.3, -0.25) is 4.98 Å². The van der Waals surface area contributed by atoms with Gasteiger partial charge in [-0.1, -0.05) is 30.9 Å². The molecule has 21 heavy (non-hydrogen) atoms. The van der Waals surface area contributed by atoms with Gasteiger partial charge in [0.1, 0.15) is 0 Å². The van der Waals surface area contributed by atoms with E-state index < -0.39 is 0 Å². The summed E-state index contributed by atoms with van der Waals surface area (Å²) in [5, 5.41) is 15.0. The van der Waals surface area contributed by atoms with Gasteiger partial charge >= 0.3 is 0 Å². The van der Waals surface area contributed by atoms with Crippen molar-refractivity contribution < 1.29 is 5.11 Å². The number of nitrogens with zero attached hydrogens (tertiary/aromatic N) is 1. The Morgan fingerprint density at radius 2 is 2.00 bits per heavy atom. The Balaban J connectivity index is 1.83. The lowest BCUT2D eigenvalue weighted by molar-refractivity contribution is 0.0944. The van der Waals surface area contributed by atoms with Gasteiger partial charge in [0.05, 0.1) is 17.1 Å². The maximum Gasteiger partial charge on any atom is 0.0908 e. The van der Waals surface area contributed by atoms with Gasteiger partial charge in [0.15, 0.2) is 0 Å². The average molecular weight is 305 g/mol. The van der Waals surface area contributed by atoms with E-state index in [1.807, 2.05) is 24.3 Å². The molecule has 3 rings (SSSR count). The zero-order valence-corrected chi connectivity index (χ0v) is 12.9. The standard InChI is InChI=1S/C17H21ClN2O/c18-14-6-7-15(13-5-4-10-19-16(13)14)20-11-17(12-21)8-2-1-3-9-17/h4-7,10,20-21H,1-3,8-9,11-12H2. The smallest absolute Gasteiger partial charge is 0.0908 e. The molecule has 0 bridgehead atoms. The Hall–Kier alpha value is -1.32. The first-order valence-corrected chi connectivity index (χ1v) is 8.00. The second-order valence-corrected chi connectivity index (χ2v) is 6.47. The van der Waals surface area contributed by atoms with Crippen LogP contribution in [0.25, 0.3) is 10.9 Å². The van der Waals surface area contributed by atoms with Crippen LogP contribution in [0.2, 0.25) is 5.02 Å². The number of benzene rings is 1. The molecule has 2 aromatic rings. The summed E-state index contributed by atoms with van der Waals surface area (Å²) in [6.07, 6.45) is 7.67. The first-order chi connectivity index (χ1) is 10.2. The third-order valence-electron chi connectivity index (χ3n) is 4.62. The zero-order valence-electron chi connectivity index (χ0n) is 12.1. The number of aromatic nitrogens is 1. The summed E-state index contributed by atoms with van der Waals surface area (Å²) in [6, 6.07) is 7.83. The Kier molecular flexibility index (Phi) is 4.32. The SMILES string of the molecule is OCC1(CNc2ccc(Cl)c3ncccc23)CCCCC1. The molecule has 1 aromatic heterocycles. The minimum atomic E-state index is 0.0203. The Morgan fingerprint density at radius 3 is 2.76 bits per heavy atom. The lowest BCUT2D eigenvalue weighted by atomic mass is 9.74. The number of aliphatic hydroxyl groups excluding tert-OH is 1. The van der Waals surface area contributed by atoms with Crippen LogP contribution in [0.4, 0.5) is 5.69 Å². The van der Waals surface area contributed by atoms with Crippen molar-refractivity contribution in [2.24, 2.45) is 5.41 Å². The van der Waals surface area contributed by atoms with Gasteiger partial charge in [-0.25, -0.2) is 0 Å². The number of fused-ring (bicyclic) bond motifs is 1. The predicted molar refractivity (Wildman–Crippen MR) is 87.8 cm³/mol. The number of hydrogen-bond acceptors (Lipinski definition) is 3. The number of hydrogen-bond donors (Lipinski definition) is 2. The number of anilines is 1. The predicted octanol–water partition coefficient (Wildman–Crippen LogP) is 4.24.